The summed E-state index contributed by atoms with van der Waals surface area (Å²) >= 11 is 0. The fourth-order valence-corrected chi connectivity index (χ4v) is 8.89. The number of fused-ring (bicyclic) bond motifs is 2. The van der Waals surface area contributed by atoms with Crippen LogP contribution >= 0.6 is 0 Å². The van der Waals surface area contributed by atoms with Crippen molar-refractivity contribution in [3.8, 4) is 5.75 Å². The second kappa shape index (κ2) is 14.4. The van der Waals surface area contributed by atoms with Gasteiger partial charge in [0.25, 0.3) is 17.4 Å². The van der Waals surface area contributed by atoms with E-state index in [4.69, 9.17) is 14.7 Å². The minimum Gasteiger partial charge on any atom is -0.478 e. The summed E-state index contributed by atoms with van der Waals surface area (Å²) in [5.41, 5.74) is 6.17. The van der Waals surface area contributed by atoms with Gasteiger partial charge in [-0.3, -0.25) is 29.3 Å². The number of hydrogen-bond donors (Lipinski definition) is 3. The number of likely N-dealkylation sites (N-methyl/N-ethyl adjacent to an activating group) is 1. The van der Waals surface area contributed by atoms with Crippen molar-refractivity contribution in [2.24, 2.45) is 12.5 Å². The van der Waals surface area contributed by atoms with Gasteiger partial charge in [0.2, 0.25) is 17.8 Å². The van der Waals surface area contributed by atoms with Gasteiger partial charge in [0.15, 0.2) is 12.4 Å². The molecule has 9 rings (SSSR count). The average molecular weight is 772 g/mol. The standard InChI is InChI=1S/C42H45N9O6/c1-43-36(53)23-57-34-20-26-18-28(6-9-32(26)48(2)40(34)56)45-37-31(25-4-3-5-25)21-44-41(47-37)50-17-14-42(24-50)12-15-49(16-13-42)29-7-8-30-27(19-29)22-51(39(30)55)33-10-11-35(52)46-38(33)54/h4,6-9,18-21,33H,3,5,10-17,22-24H2,1-2H3,(H,43,53)(H,44,45,47)(H,46,52,54). The Hall–Kier alpha value is -6.25. The quantitative estimate of drug-likeness (QED) is 0.213. The summed E-state index contributed by atoms with van der Waals surface area (Å²) in [6.45, 7) is 3.63. The predicted molar refractivity (Wildman–Crippen MR) is 214 cm³/mol. The van der Waals surface area contributed by atoms with Crippen molar-refractivity contribution in [1.82, 2.24) is 30.1 Å². The number of aryl methyl sites for hydroxylation is 1. The highest BCUT2D eigenvalue weighted by Gasteiger charge is 2.43. The molecule has 0 bridgehead atoms. The highest BCUT2D eigenvalue weighted by Crippen LogP contribution is 2.43. The van der Waals surface area contributed by atoms with E-state index in [0.29, 0.717) is 24.5 Å². The van der Waals surface area contributed by atoms with Crippen LogP contribution in [0.4, 0.5) is 23.1 Å². The van der Waals surface area contributed by atoms with Gasteiger partial charge in [-0.25, -0.2) is 4.98 Å². The first-order valence-electron chi connectivity index (χ1n) is 19.7. The maximum atomic E-state index is 13.2. The minimum absolute atomic E-state index is 0.103. The molecule has 5 aliphatic rings. The number of nitrogens with one attached hydrogen (secondary N) is 3. The van der Waals surface area contributed by atoms with Gasteiger partial charge in [0.1, 0.15) is 11.9 Å². The van der Waals surface area contributed by atoms with Crippen LogP contribution in [-0.4, -0.2) is 88.9 Å². The van der Waals surface area contributed by atoms with E-state index in [1.807, 2.05) is 36.5 Å². The molecular formula is C42H45N9O6. The van der Waals surface area contributed by atoms with Crippen molar-refractivity contribution < 1.29 is 23.9 Å². The van der Waals surface area contributed by atoms with Gasteiger partial charge < -0.3 is 34.6 Å². The maximum Gasteiger partial charge on any atom is 0.293 e. The Kier molecular flexibility index (Phi) is 9.17. The van der Waals surface area contributed by atoms with E-state index in [-0.39, 0.29) is 47.5 Å². The molecule has 15 nitrogen and oxygen atoms in total. The van der Waals surface area contributed by atoms with Gasteiger partial charge in [-0.2, -0.15) is 4.98 Å². The fourth-order valence-electron chi connectivity index (χ4n) is 8.89. The van der Waals surface area contributed by atoms with Gasteiger partial charge in [-0.15, -0.1) is 0 Å². The Labute approximate surface area is 329 Å². The molecule has 2 aromatic heterocycles. The van der Waals surface area contributed by atoms with Crippen LogP contribution in [-0.2, 0) is 28.0 Å². The number of piperidine rings is 2. The Morgan fingerprint density at radius 1 is 0.982 bits per heavy atom. The Bertz CT molecular complexity index is 2430. The van der Waals surface area contributed by atoms with E-state index in [1.54, 1.807) is 18.0 Å². The second-order valence-electron chi connectivity index (χ2n) is 15.8. The molecule has 3 N–H and O–H groups in total. The summed E-state index contributed by atoms with van der Waals surface area (Å²) in [7, 11) is 3.21. The predicted octanol–water partition coefficient (Wildman–Crippen LogP) is 3.63. The van der Waals surface area contributed by atoms with Crippen molar-refractivity contribution in [3.05, 3.63) is 81.8 Å². The third kappa shape index (κ3) is 6.74. The Balaban J connectivity index is 0.885. The molecule has 3 fully saturated rings. The van der Waals surface area contributed by atoms with Crippen LogP contribution in [0.5, 0.6) is 5.75 Å². The normalized spacial score (nSPS) is 20.0. The smallest absolute Gasteiger partial charge is 0.293 e. The first kappa shape index (κ1) is 36.4. The van der Waals surface area contributed by atoms with Crippen molar-refractivity contribution in [2.75, 3.05) is 55.0 Å². The van der Waals surface area contributed by atoms with Crippen LogP contribution in [0.3, 0.4) is 0 Å². The van der Waals surface area contributed by atoms with Crippen LogP contribution in [0.2, 0.25) is 0 Å². The van der Waals surface area contributed by atoms with Crippen LogP contribution in [0, 0.1) is 5.41 Å². The highest BCUT2D eigenvalue weighted by molar-refractivity contribution is 6.05. The largest absolute Gasteiger partial charge is 0.478 e. The number of amides is 4. The molecule has 0 radical (unpaired) electrons. The zero-order valence-electron chi connectivity index (χ0n) is 32.1. The molecule has 4 aromatic rings. The van der Waals surface area contributed by atoms with Gasteiger partial charge in [-0.1, -0.05) is 6.08 Å². The monoisotopic (exact) mass is 771 g/mol. The number of pyridine rings is 1. The second-order valence-corrected chi connectivity index (χ2v) is 15.8. The lowest BCUT2D eigenvalue weighted by Gasteiger charge is -2.40. The van der Waals surface area contributed by atoms with Gasteiger partial charge >= 0.3 is 0 Å². The number of carbonyl (C=O) groups is 4. The van der Waals surface area contributed by atoms with E-state index in [2.05, 4.69) is 37.9 Å². The number of rotatable bonds is 9. The Morgan fingerprint density at radius 3 is 2.51 bits per heavy atom. The first-order valence-corrected chi connectivity index (χ1v) is 19.7. The lowest BCUT2D eigenvalue weighted by atomic mass is 9.77. The SMILES string of the molecule is CNC(=O)COc1cc2cc(Nc3nc(N4CCC5(CCN(c6ccc7c(c6)CN(C6CCC(=O)NC6=O)C7=O)CC5)C4)ncc3C3=CCC3)ccc2n(C)c1=O. The summed E-state index contributed by atoms with van der Waals surface area (Å²) in [5, 5.41) is 9.22. The van der Waals surface area contributed by atoms with E-state index in [0.717, 1.165) is 97.5 Å². The molecule has 15 heteroatoms. The molecular weight excluding hydrogens is 727 g/mol. The topological polar surface area (TPSA) is 171 Å². The zero-order chi connectivity index (χ0) is 39.4. The lowest BCUT2D eigenvalue weighted by molar-refractivity contribution is -0.137. The van der Waals surface area contributed by atoms with E-state index >= 15 is 0 Å². The van der Waals surface area contributed by atoms with Crippen molar-refractivity contribution >= 4 is 63.2 Å². The number of imide groups is 1. The molecule has 6 heterocycles. The van der Waals surface area contributed by atoms with Crippen LogP contribution in [0.1, 0.15) is 66.4 Å². The van der Waals surface area contributed by atoms with Crippen molar-refractivity contribution in [3.63, 3.8) is 0 Å². The lowest BCUT2D eigenvalue weighted by Crippen LogP contribution is -2.52. The number of carbonyl (C=O) groups excluding carboxylic acids is 4. The molecule has 1 atom stereocenters. The van der Waals surface area contributed by atoms with E-state index in [1.165, 1.54) is 17.2 Å². The maximum absolute atomic E-state index is 13.2. The number of nitrogens with zero attached hydrogens (tertiary/aromatic N) is 6. The first-order chi connectivity index (χ1) is 27.6. The van der Waals surface area contributed by atoms with Gasteiger partial charge in [0, 0.05) is 87.3 Å². The molecule has 1 aliphatic carbocycles. The van der Waals surface area contributed by atoms with Crippen LogP contribution < -0.4 is 36.0 Å². The number of anilines is 4. The molecule has 4 amide bonds. The molecule has 57 heavy (non-hydrogen) atoms. The number of benzene rings is 2. The molecule has 294 valence electrons. The van der Waals surface area contributed by atoms with Crippen LogP contribution in [0.25, 0.3) is 16.5 Å². The number of hydrogen-bond acceptors (Lipinski definition) is 11. The fraction of sp³-hybridized carbons (Fsp3) is 0.405. The summed E-state index contributed by atoms with van der Waals surface area (Å²) in [5.74, 6) is 0.361. The molecule has 1 unspecified atom stereocenters. The summed E-state index contributed by atoms with van der Waals surface area (Å²) in [4.78, 5) is 78.5. The summed E-state index contributed by atoms with van der Waals surface area (Å²) in [6, 6.07) is 12.8. The number of ether oxygens (including phenoxy) is 1. The zero-order valence-corrected chi connectivity index (χ0v) is 32.1. The molecule has 4 aliphatic heterocycles. The molecule has 0 saturated carbocycles. The number of allylic oxidation sites excluding steroid dienone is 2. The molecule has 3 saturated heterocycles. The minimum atomic E-state index is -0.623. The van der Waals surface area contributed by atoms with E-state index in [9.17, 15) is 24.0 Å². The van der Waals surface area contributed by atoms with Crippen molar-refractivity contribution in [2.45, 2.75) is 57.5 Å². The molecule has 1 spiro atoms. The van der Waals surface area contributed by atoms with Crippen LogP contribution in [0.15, 0.2) is 59.5 Å². The molecule has 2 aromatic carbocycles. The number of aromatic nitrogens is 3. The summed E-state index contributed by atoms with van der Waals surface area (Å²) < 4.78 is 7.09. The van der Waals surface area contributed by atoms with Gasteiger partial charge in [0.05, 0.1) is 5.52 Å². The Morgan fingerprint density at radius 2 is 1.77 bits per heavy atom. The van der Waals surface area contributed by atoms with Gasteiger partial charge in [-0.05, 0) is 97.5 Å². The third-order valence-electron chi connectivity index (χ3n) is 12.4. The van der Waals surface area contributed by atoms with Crippen molar-refractivity contribution in [1.29, 1.82) is 0 Å². The summed E-state index contributed by atoms with van der Waals surface area (Å²) in [6.07, 6.45) is 9.80. The average Bonchev–Trinajstić information content (AvgIpc) is 3.75. The van der Waals surface area contributed by atoms with E-state index < -0.39 is 11.9 Å². The third-order valence-corrected chi connectivity index (χ3v) is 12.4. The highest BCUT2D eigenvalue weighted by atomic mass is 16.5.